The number of alkyl carbamates (subject to hydrolysis) is 1. The summed E-state index contributed by atoms with van der Waals surface area (Å²) in [5.41, 5.74) is 10.3. The summed E-state index contributed by atoms with van der Waals surface area (Å²) < 4.78 is 5.01. The second-order valence-electron chi connectivity index (χ2n) is 11.3. The molecule has 0 bridgehead atoms. The zero-order valence-electron chi connectivity index (χ0n) is 24.4. The number of aryl methyl sites for hydroxylation is 1. The number of benzene rings is 3. The van der Waals surface area contributed by atoms with Crippen LogP contribution in [0.3, 0.4) is 0 Å². The first kappa shape index (κ1) is 30.1. The quantitative estimate of drug-likeness (QED) is 0.268. The number of nitrogens with two attached hydrogens (primary N) is 1. The van der Waals surface area contributed by atoms with Crippen molar-refractivity contribution in [1.82, 2.24) is 10.2 Å². The first-order valence-corrected chi connectivity index (χ1v) is 15.3. The van der Waals surface area contributed by atoms with Gasteiger partial charge in [-0.1, -0.05) is 61.0 Å². The zero-order valence-corrected chi connectivity index (χ0v) is 25.2. The molecular formula is C34H40ClN3O4. The second-order valence-corrected chi connectivity index (χ2v) is 11.7. The minimum Gasteiger partial charge on any atom is -0.450 e. The van der Waals surface area contributed by atoms with Crippen molar-refractivity contribution in [1.29, 1.82) is 0 Å². The Hall–Kier alpha value is -3.39. The molecule has 1 spiro atoms. The molecule has 3 aromatic rings. The average Bonchev–Trinajstić information content (AvgIpc) is 3.02. The molecule has 2 aliphatic rings. The first-order valence-electron chi connectivity index (χ1n) is 14.9. The van der Waals surface area contributed by atoms with Crippen LogP contribution < -0.4 is 11.1 Å². The number of hydrogen-bond acceptors (Lipinski definition) is 5. The molecule has 1 fully saturated rings. The number of likely N-dealkylation sites (tertiary alicyclic amines) is 1. The Morgan fingerprint density at radius 2 is 1.88 bits per heavy atom. The largest absolute Gasteiger partial charge is 0.450 e. The van der Waals surface area contributed by atoms with Crippen LogP contribution in [0.15, 0.2) is 60.7 Å². The lowest BCUT2D eigenvalue weighted by molar-refractivity contribution is -0.109. The number of halogens is 1. The fourth-order valence-corrected chi connectivity index (χ4v) is 7.13. The van der Waals surface area contributed by atoms with Gasteiger partial charge in [-0.3, -0.25) is 4.79 Å². The number of nitrogens with zero attached hydrogens (tertiary/aromatic N) is 1. The number of fused-ring (bicyclic) bond motifs is 2. The summed E-state index contributed by atoms with van der Waals surface area (Å²) in [5.74, 6) is -0.0535. The Labute approximate surface area is 253 Å². The third-order valence-electron chi connectivity index (χ3n) is 8.98. The van der Waals surface area contributed by atoms with Gasteiger partial charge in [-0.15, -0.1) is 0 Å². The normalized spacial score (nSPS) is 21.0. The summed E-state index contributed by atoms with van der Waals surface area (Å²) in [4.78, 5) is 27.5. The number of piperidine rings is 1. The lowest BCUT2D eigenvalue weighted by Gasteiger charge is -2.62. The summed E-state index contributed by atoms with van der Waals surface area (Å²) in [7, 11) is 0. The van der Waals surface area contributed by atoms with E-state index in [9.17, 15) is 14.7 Å². The molecule has 4 N–H and O–H groups in total. The minimum absolute atomic E-state index is 0.0535. The molecule has 2 atom stereocenters. The van der Waals surface area contributed by atoms with Crippen LogP contribution >= 0.6 is 11.6 Å². The lowest BCUT2D eigenvalue weighted by atomic mass is 9.47. The maximum absolute atomic E-state index is 13.7. The molecule has 1 aliphatic carbocycles. The van der Waals surface area contributed by atoms with E-state index in [-0.39, 0.29) is 5.91 Å². The van der Waals surface area contributed by atoms with E-state index in [0.717, 1.165) is 47.1 Å². The molecule has 2 amide bonds. The average molecular weight is 590 g/mol. The lowest BCUT2D eigenvalue weighted by Crippen LogP contribution is -2.66. The van der Waals surface area contributed by atoms with Gasteiger partial charge in [0.25, 0.3) is 5.91 Å². The van der Waals surface area contributed by atoms with E-state index in [1.54, 1.807) is 6.92 Å². The van der Waals surface area contributed by atoms with Crippen molar-refractivity contribution in [2.24, 2.45) is 5.73 Å². The van der Waals surface area contributed by atoms with E-state index < -0.39 is 17.1 Å². The molecular weight excluding hydrogens is 550 g/mol. The Morgan fingerprint density at radius 3 is 2.60 bits per heavy atom. The van der Waals surface area contributed by atoms with Crippen LogP contribution in [0, 0.1) is 0 Å². The number of ether oxygens (including phenoxy) is 1. The summed E-state index contributed by atoms with van der Waals surface area (Å²) in [6, 6.07) is 19.7. The molecule has 0 unspecified atom stereocenters. The van der Waals surface area contributed by atoms with Crippen molar-refractivity contribution >= 4 is 23.6 Å². The Bertz CT molecular complexity index is 1460. The fraction of sp³-hybridized carbons (Fsp3) is 0.412. The van der Waals surface area contributed by atoms with E-state index in [4.69, 9.17) is 22.1 Å². The van der Waals surface area contributed by atoms with E-state index in [1.807, 2.05) is 53.4 Å². The number of aliphatic hydroxyl groups is 1. The van der Waals surface area contributed by atoms with Crippen LogP contribution in [-0.4, -0.2) is 48.2 Å². The molecule has 8 heteroatoms. The smallest absolute Gasteiger partial charge is 0.407 e. The van der Waals surface area contributed by atoms with Gasteiger partial charge in [-0.2, -0.15) is 0 Å². The van der Waals surface area contributed by atoms with Gasteiger partial charge < -0.3 is 25.8 Å². The zero-order chi connectivity index (χ0) is 29.9. The van der Waals surface area contributed by atoms with Gasteiger partial charge in [0.05, 0.1) is 6.61 Å². The number of nitrogens with one attached hydrogen (secondary N) is 1. The predicted molar refractivity (Wildman–Crippen MR) is 166 cm³/mol. The predicted octanol–water partition coefficient (Wildman–Crippen LogP) is 5.93. The van der Waals surface area contributed by atoms with E-state index >= 15 is 0 Å². The van der Waals surface area contributed by atoms with Gasteiger partial charge in [0.15, 0.2) is 0 Å². The topological polar surface area (TPSA) is 105 Å². The Morgan fingerprint density at radius 1 is 1.10 bits per heavy atom. The third-order valence-corrected chi connectivity index (χ3v) is 9.29. The fourth-order valence-electron chi connectivity index (χ4n) is 6.87. The summed E-state index contributed by atoms with van der Waals surface area (Å²) in [5, 5.41) is 16.1. The molecule has 0 aromatic heterocycles. The van der Waals surface area contributed by atoms with Gasteiger partial charge in [-0.25, -0.2) is 4.79 Å². The maximum atomic E-state index is 13.7. The van der Waals surface area contributed by atoms with Crippen LogP contribution in [0.1, 0.15) is 72.1 Å². The molecule has 0 radical (unpaired) electrons. The summed E-state index contributed by atoms with van der Waals surface area (Å²) in [6.45, 7) is 5.97. The Kier molecular flexibility index (Phi) is 8.92. The van der Waals surface area contributed by atoms with Gasteiger partial charge in [0.1, 0.15) is 5.60 Å². The highest BCUT2D eigenvalue weighted by Crippen LogP contribution is 2.64. The first-order chi connectivity index (χ1) is 20.3. The molecule has 0 saturated carbocycles. The SMILES string of the molecule is CCOC(=O)NCCC[C@@]1(O)c2c(ccc(Cl)c2-c2cccc(CC)c2)[C@]12CCCN(C(=O)c1ccc(CN)cc1)C2. The third kappa shape index (κ3) is 5.30. The highest BCUT2D eigenvalue weighted by molar-refractivity contribution is 6.33. The van der Waals surface area contributed by atoms with Crippen LogP contribution in [0.4, 0.5) is 4.79 Å². The van der Waals surface area contributed by atoms with Gasteiger partial charge in [0, 0.05) is 47.7 Å². The van der Waals surface area contributed by atoms with Crippen molar-refractivity contribution in [2.45, 2.75) is 63.5 Å². The van der Waals surface area contributed by atoms with Crippen LogP contribution in [-0.2, 0) is 28.7 Å². The molecule has 1 saturated heterocycles. The molecule has 5 rings (SSSR count). The highest BCUT2D eigenvalue weighted by atomic mass is 35.5. The van der Waals surface area contributed by atoms with E-state index in [1.165, 1.54) is 5.56 Å². The van der Waals surface area contributed by atoms with Gasteiger partial charge in [-0.05, 0) is 85.0 Å². The van der Waals surface area contributed by atoms with Crippen molar-refractivity contribution in [3.63, 3.8) is 0 Å². The van der Waals surface area contributed by atoms with Crippen LogP contribution in [0.5, 0.6) is 0 Å². The van der Waals surface area contributed by atoms with E-state index in [0.29, 0.717) is 56.2 Å². The molecule has 222 valence electrons. The maximum Gasteiger partial charge on any atom is 0.407 e. The number of hydrogen-bond donors (Lipinski definition) is 3. The molecule has 42 heavy (non-hydrogen) atoms. The molecule has 1 aliphatic heterocycles. The number of carbonyl (C=O) groups excluding carboxylic acids is 2. The van der Waals surface area contributed by atoms with Crippen LogP contribution in [0.25, 0.3) is 11.1 Å². The molecule has 7 nitrogen and oxygen atoms in total. The van der Waals surface area contributed by atoms with Gasteiger partial charge >= 0.3 is 6.09 Å². The minimum atomic E-state index is -1.25. The molecule has 3 aromatic carbocycles. The number of amides is 2. The monoisotopic (exact) mass is 589 g/mol. The molecule has 1 heterocycles. The summed E-state index contributed by atoms with van der Waals surface area (Å²) >= 11 is 6.88. The van der Waals surface area contributed by atoms with Crippen molar-refractivity contribution in [3.05, 3.63) is 93.5 Å². The highest BCUT2D eigenvalue weighted by Gasteiger charge is 2.64. The van der Waals surface area contributed by atoms with Crippen molar-refractivity contribution < 1.29 is 19.4 Å². The number of carbonyl (C=O) groups is 2. The van der Waals surface area contributed by atoms with Crippen molar-refractivity contribution in [2.75, 3.05) is 26.2 Å². The standard InChI is InChI=1S/C34H40ClN3O4/c1-3-23-8-5-9-26(20-23)29-28(35)15-14-27-30(29)34(41,17-6-18-37-32(40)42-4-2)33(27)16-7-19-38(22-33)31(39)25-12-10-24(21-36)11-13-25/h5,8-15,20,41H,3-4,6-7,16-19,21-22,36H2,1-2H3,(H,37,40)/t33-,34-/m1/s1. The van der Waals surface area contributed by atoms with Gasteiger partial charge in [0.2, 0.25) is 0 Å². The number of rotatable bonds is 9. The van der Waals surface area contributed by atoms with Crippen LogP contribution in [0.2, 0.25) is 5.02 Å². The van der Waals surface area contributed by atoms with E-state index in [2.05, 4.69) is 24.4 Å². The Balaban J connectivity index is 1.53. The summed E-state index contributed by atoms with van der Waals surface area (Å²) in [6.07, 6.45) is 2.86. The van der Waals surface area contributed by atoms with Crippen molar-refractivity contribution in [3.8, 4) is 11.1 Å². The second kappa shape index (κ2) is 12.5.